The van der Waals surface area contributed by atoms with Crippen molar-refractivity contribution < 1.29 is 4.74 Å². The molecule has 0 radical (unpaired) electrons. The molecular formula is C15H15ClN2O. The molecule has 98 valence electrons. The average molecular weight is 275 g/mol. The maximum atomic E-state index is 6.07. The zero-order chi connectivity index (χ0) is 13.4. The van der Waals surface area contributed by atoms with Gasteiger partial charge in [-0.1, -0.05) is 11.6 Å². The maximum Gasteiger partial charge on any atom is 0.138 e. The second-order valence-electron chi connectivity index (χ2n) is 4.66. The van der Waals surface area contributed by atoms with Gasteiger partial charge in [-0.15, -0.1) is 0 Å². The van der Waals surface area contributed by atoms with Gasteiger partial charge in [-0.2, -0.15) is 0 Å². The predicted octanol–water partition coefficient (Wildman–Crippen LogP) is 3.75. The fourth-order valence-corrected chi connectivity index (χ4v) is 2.76. The number of ether oxygens (including phenoxy) is 1. The summed E-state index contributed by atoms with van der Waals surface area (Å²) in [5.74, 6) is 1.84. The van der Waals surface area contributed by atoms with Crippen LogP contribution in [0.3, 0.4) is 0 Å². The van der Waals surface area contributed by atoms with E-state index < -0.39 is 0 Å². The zero-order valence-electron chi connectivity index (χ0n) is 11.0. The molecule has 1 aliphatic rings. The quantitative estimate of drug-likeness (QED) is 0.780. The molecule has 4 heteroatoms. The molecule has 0 atom stereocenters. The Bertz CT molecular complexity index is 610. The molecule has 0 bridgehead atoms. The lowest BCUT2D eigenvalue weighted by Gasteiger charge is -2.19. The molecule has 0 saturated carbocycles. The Balaban J connectivity index is 2.01. The van der Waals surface area contributed by atoms with E-state index in [2.05, 4.69) is 16.8 Å². The normalized spacial score (nSPS) is 13.5. The highest BCUT2D eigenvalue weighted by Crippen LogP contribution is 2.36. The first-order valence-corrected chi connectivity index (χ1v) is 6.64. The van der Waals surface area contributed by atoms with Gasteiger partial charge in [0.15, 0.2) is 0 Å². The van der Waals surface area contributed by atoms with Crippen molar-refractivity contribution in [2.75, 3.05) is 18.6 Å². The SMILES string of the molecule is COc1ccc(N2CCc3c(C)cc(Cl)nc32)cc1. The van der Waals surface area contributed by atoms with Crippen molar-refractivity contribution in [2.24, 2.45) is 0 Å². The van der Waals surface area contributed by atoms with E-state index in [1.54, 1.807) is 7.11 Å². The Morgan fingerprint density at radius 3 is 2.68 bits per heavy atom. The fraction of sp³-hybridized carbons (Fsp3) is 0.267. The molecule has 0 amide bonds. The van der Waals surface area contributed by atoms with Gasteiger partial charge in [0.1, 0.15) is 16.7 Å². The lowest BCUT2D eigenvalue weighted by Crippen LogP contribution is -2.14. The monoisotopic (exact) mass is 274 g/mol. The van der Waals surface area contributed by atoms with Gasteiger partial charge < -0.3 is 9.64 Å². The standard InChI is InChI=1S/C15H15ClN2O/c1-10-9-14(16)17-15-13(10)7-8-18(15)11-3-5-12(19-2)6-4-11/h3-6,9H,7-8H2,1-2H3. The first-order valence-electron chi connectivity index (χ1n) is 6.26. The first kappa shape index (κ1) is 12.3. The van der Waals surface area contributed by atoms with E-state index in [0.29, 0.717) is 5.15 Å². The van der Waals surface area contributed by atoms with Crippen LogP contribution in [0.15, 0.2) is 30.3 Å². The van der Waals surface area contributed by atoms with E-state index >= 15 is 0 Å². The van der Waals surface area contributed by atoms with Gasteiger partial charge in [-0.25, -0.2) is 4.98 Å². The molecule has 3 rings (SSSR count). The molecule has 1 aliphatic heterocycles. The Labute approximate surface area is 117 Å². The van der Waals surface area contributed by atoms with Crippen molar-refractivity contribution in [2.45, 2.75) is 13.3 Å². The summed E-state index contributed by atoms with van der Waals surface area (Å²) in [6.45, 7) is 3.03. The van der Waals surface area contributed by atoms with Gasteiger partial charge in [-0.05, 0) is 54.8 Å². The summed E-state index contributed by atoms with van der Waals surface area (Å²) in [5, 5.41) is 0.552. The molecule has 2 aromatic rings. The molecule has 3 nitrogen and oxygen atoms in total. The zero-order valence-corrected chi connectivity index (χ0v) is 11.7. The number of aromatic nitrogens is 1. The number of methoxy groups -OCH3 is 1. The number of hydrogen-bond donors (Lipinski definition) is 0. The molecule has 0 spiro atoms. The number of aryl methyl sites for hydroxylation is 1. The predicted molar refractivity (Wildman–Crippen MR) is 77.7 cm³/mol. The van der Waals surface area contributed by atoms with Gasteiger partial charge in [0.25, 0.3) is 0 Å². The van der Waals surface area contributed by atoms with Gasteiger partial charge >= 0.3 is 0 Å². The van der Waals surface area contributed by atoms with Crippen molar-refractivity contribution in [3.05, 3.63) is 46.6 Å². The minimum atomic E-state index is 0.552. The van der Waals surface area contributed by atoms with Crippen LogP contribution in [0, 0.1) is 6.92 Å². The van der Waals surface area contributed by atoms with Crippen LogP contribution >= 0.6 is 11.6 Å². The molecule has 2 heterocycles. The molecule has 1 aromatic heterocycles. The second kappa shape index (κ2) is 4.74. The Hall–Kier alpha value is -1.74. The van der Waals surface area contributed by atoms with Crippen LogP contribution in [0.2, 0.25) is 5.15 Å². The molecule has 0 unspecified atom stereocenters. The van der Waals surface area contributed by atoms with Crippen molar-refractivity contribution in [1.82, 2.24) is 4.98 Å². The number of halogens is 1. The van der Waals surface area contributed by atoms with Crippen molar-refractivity contribution in [3.8, 4) is 5.75 Å². The molecule has 0 fully saturated rings. The fourth-order valence-electron chi connectivity index (χ4n) is 2.52. The van der Waals surface area contributed by atoms with Gasteiger partial charge in [0.2, 0.25) is 0 Å². The van der Waals surface area contributed by atoms with E-state index in [4.69, 9.17) is 16.3 Å². The van der Waals surface area contributed by atoms with Gasteiger partial charge in [-0.3, -0.25) is 0 Å². The Morgan fingerprint density at radius 1 is 1.26 bits per heavy atom. The Morgan fingerprint density at radius 2 is 2.00 bits per heavy atom. The Kier molecular flexibility index (Phi) is 3.07. The molecule has 0 saturated heterocycles. The maximum absolute atomic E-state index is 6.07. The van der Waals surface area contributed by atoms with Crippen LogP contribution in [0.4, 0.5) is 11.5 Å². The van der Waals surface area contributed by atoms with Crippen LogP contribution in [0.5, 0.6) is 5.75 Å². The van der Waals surface area contributed by atoms with E-state index in [-0.39, 0.29) is 0 Å². The number of hydrogen-bond acceptors (Lipinski definition) is 3. The number of rotatable bonds is 2. The summed E-state index contributed by atoms with van der Waals surface area (Å²) in [6, 6.07) is 9.95. The third-order valence-electron chi connectivity index (χ3n) is 3.52. The van der Waals surface area contributed by atoms with Gasteiger partial charge in [0, 0.05) is 12.2 Å². The summed E-state index contributed by atoms with van der Waals surface area (Å²) in [5.41, 5.74) is 3.62. The van der Waals surface area contributed by atoms with Crippen LogP contribution in [-0.4, -0.2) is 18.6 Å². The molecule has 19 heavy (non-hydrogen) atoms. The van der Waals surface area contributed by atoms with Crippen LogP contribution in [-0.2, 0) is 6.42 Å². The van der Waals surface area contributed by atoms with E-state index in [1.807, 2.05) is 30.3 Å². The van der Waals surface area contributed by atoms with Gasteiger partial charge in [0.05, 0.1) is 7.11 Å². The van der Waals surface area contributed by atoms with Crippen molar-refractivity contribution in [3.63, 3.8) is 0 Å². The topological polar surface area (TPSA) is 25.4 Å². The number of anilines is 2. The number of pyridine rings is 1. The van der Waals surface area contributed by atoms with Crippen LogP contribution in [0.25, 0.3) is 0 Å². The summed E-state index contributed by atoms with van der Waals surface area (Å²) in [6.07, 6.45) is 1.01. The summed E-state index contributed by atoms with van der Waals surface area (Å²) in [7, 11) is 1.67. The molecule has 0 aliphatic carbocycles. The summed E-state index contributed by atoms with van der Waals surface area (Å²) >= 11 is 6.07. The highest BCUT2D eigenvalue weighted by molar-refractivity contribution is 6.29. The molecule has 1 aromatic carbocycles. The van der Waals surface area contributed by atoms with Crippen LogP contribution < -0.4 is 9.64 Å². The number of benzene rings is 1. The van der Waals surface area contributed by atoms with Crippen molar-refractivity contribution in [1.29, 1.82) is 0 Å². The highest BCUT2D eigenvalue weighted by atomic mass is 35.5. The number of fused-ring (bicyclic) bond motifs is 1. The minimum absolute atomic E-state index is 0.552. The summed E-state index contributed by atoms with van der Waals surface area (Å²) in [4.78, 5) is 6.68. The summed E-state index contributed by atoms with van der Waals surface area (Å²) < 4.78 is 5.18. The largest absolute Gasteiger partial charge is 0.497 e. The second-order valence-corrected chi connectivity index (χ2v) is 5.05. The first-order chi connectivity index (χ1) is 9.19. The molecule has 0 N–H and O–H groups in total. The third kappa shape index (κ3) is 2.15. The molecular weight excluding hydrogens is 260 g/mol. The average Bonchev–Trinajstić information content (AvgIpc) is 2.83. The lowest BCUT2D eigenvalue weighted by atomic mass is 10.1. The van der Waals surface area contributed by atoms with E-state index in [1.165, 1.54) is 11.1 Å². The van der Waals surface area contributed by atoms with Crippen LogP contribution in [0.1, 0.15) is 11.1 Å². The third-order valence-corrected chi connectivity index (χ3v) is 3.71. The minimum Gasteiger partial charge on any atom is -0.497 e. The lowest BCUT2D eigenvalue weighted by molar-refractivity contribution is 0.415. The smallest absolute Gasteiger partial charge is 0.138 e. The van der Waals surface area contributed by atoms with Crippen molar-refractivity contribution >= 4 is 23.1 Å². The van der Waals surface area contributed by atoms with E-state index in [9.17, 15) is 0 Å². The van der Waals surface area contributed by atoms with E-state index in [0.717, 1.165) is 30.2 Å². The highest BCUT2D eigenvalue weighted by Gasteiger charge is 2.24. The number of nitrogens with zero attached hydrogens (tertiary/aromatic N) is 2.